The summed E-state index contributed by atoms with van der Waals surface area (Å²) in [5.41, 5.74) is 5.32. The molecular formula is C16H23N3O. The van der Waals surface area contributed by atoms with Crippen molar-refractivity contribution in [3.05, 3.63) is 29.3 Å². The second-order valence-electron chi connectivity index (χ2n) is 6.07. The van der Waals surface area contributed by atoms with Gasteiger partial charge in [-0.15, -0.1) is 0 Å². The molecule has 0 spiro atoms. The van der Waals surface area contributed by atoms with Crippen LogP contribution in [-0.2, 0) is 0 Å². The second kappa shape index (κ2) is 5.44. The molecule has 1 aromatic carbocycles. The maximum Gasteiger partial charge on any atom is 0.254 e. The van der Waals surface area contributed by atoms with E-state index in [9.17, 15) is 4.79 Å². The van der Waals surface area contributed by atoms with Crippen LogP contribution in [-0.4, -0.2) is 23.4 Å². The highest BCUT2D eigenvalue weighted by Gasteiger charge is 2.38. The van der Waals surface area contributed by atoms with E-state index in [1.165, 1.54) is 32.1 Å². The van der Waals surface area contributed by atoms with E-state index < -0.39 is 0 Å². The molecule has 0 aromatic heterocycles. The van der Waals surface area contributed by atoms with Crippen LogP contribution in [0.3, 0.4) is 0 Å². The van der Waals surface area contributed by atoms with Gasteiger partial charge in [-0.25, -0.2) is 0 Å². The quantitative estimate of drug-likeness (QED) is 0.643. The number of aryl methyl sites for hydroxylation is 1. The minimum absolute atomic E-state index is 0.186. The first kappa shape index (κ1) is 13.4. The average Bonchev–Trinajstić information content (AvgIpc) is 2.90. The Hall–Kier alpha value is -1.55. The van der Waals surface area contributed by atoms with E-state index in [4.69, 9.17) is 5.84 Å². The third-order valence-corrected chi connectivity index (χ3v) is 4.90. The fourth-order valence-corrected chi connectivity index (χ4v) is 3.78. The van der Waals surface area contributed by atoms with Gasteiger partial charge in [0.1, 0.15) is 0 Å². The van der Waals surface area contributed by atoms with Crippen molar-refractivity contribution in [3.63, 3.8) is 0 Å². The molecular weight excluding hydrogens is 250 g/mol. The number of nitrogen functional groups attached to an aromatic ring is 1. The topological polar surface area (TPSA) is 58.4 Å². The van der Waals surface area contributed by atoms with Crippen molar-refractivity contribution in [3.8, 4) is 0 Å². The Kier molecular flexibility index (Phi) is 3.66. The molecule has 2 aliphatic rings. The Morgan fingerprint density at radius 1 is 1.30 bits per heavy atom. The van der Waals surface area contributed by atoms with Gasteiger partial charge in [0.25, 0.3) is 5.91 Å². The van der Waals surface area contributed by atoms with E-state index in [2.05, 4.69) is 10.3 Å². The van der Waals surface area contributed by atoms with Gasteiger partial charge in [0.15, 0.2) is 0 Å². The normalized spacial score (nSPS) is 25.4. The monoisotopic (exact) mass is 273 g/mol. The van der Waals surface area contributed by atoms with Gasteiger partial charge >= 0.3 is 0 Å². The molecule has 0 radical (unpaired) electrons. The number of benzene rings is 1. The Morgan fingerprint density at radius 3 is 2.85 bits per heavy atom. The summed E-state index contributed by atoms with van der Waals surface area (Å²) < 4.78 is 0. The molecule has 3 rings (SSSR count). The van der Waals surface area contributed by atoms with Crippen LogP contribution < -0.4 is 11.3 Å². The SMILES string of the molecule is Cc1cc(C(=O)N2CCC3CCCCC32)ccc1NN. The van der Waals surface area contributed by atoms with Crippen LogP contribution in [0.2, 0.25) is 0 Å². The summed E-state index contributed by atoms with van der Waals surface area (Å²) in [5, 5.41) is 0. The lowest BCUT2D eigenvalue weighted by Gasteiger charge is -2.31. The Bertz CT molecular complexity index is 514. The molecule has 1 aliphatic heterocycles. The zero-order valence-corrected chi connectivity index (χ0v) is 12.1. The fourth-order valence-electron chi connectivity index (χ4n) is 3.78. The lowest BCUT2D eigenvalue weighted by atomic mass is 9.85. The van der Waals surface area contributed by atoms with E-state index in [0.717, 1.165) is 29.3 Å². The number of rotatable bonds is 2. The highest BCUT2D eigenvalue weighted by molar-refractivity contribution is 5.95. The van der Waals surface area contributed by atoms with Gasteiger partial charge in [-0.2, -0.15) is 0 Å². The number of hydrazine groups is 1. The lowest BCUT2D eigenvalue weighted by Crippen LogP contribution is -2.39. The number of nitrogens with two attached hydrogens (primary N) is 1. The summed E-state index contributed by atoms with van der Waals surface area (Å²) in [6, 6.07) is 6.18. The summed E-state index contributed by atoms with van der Waals surface area (Å²) in [6.45, 7) is 2.89. The molecule has 108 valence electrons. The fraction of sp³-hybridized carbons (Fsp3) is 0.562. The summed E-state index contributed by atoms with van der Waals surface area (Å²) in [4.78, 5) is 14.8. The van der Waals surface area contributed by atoms with Gasteiger partial charge in [0, 0.05) is 18.2 Å². The third-order valence-electron chi connectivity index (χ3n) is 4.90. The molecule has 4 nitrogen and oxygen atoms in total. The van der Waals surface area contributed by atoms with Gasteiger partial charge in [0.2, 0.25) is 0 Å². The number of nitrogens with zero attached hydrogens (tertiary/aromatic N) is 1. The summed E-state index contributed by atoms with van der Waals surface area (Å²) in [6.07, 6.45) is 6.25. The van der Waals surface area contributed by atoms with Crippen molar-refractivity contribution in [2.24, 2.45) is 11.8 Å². The summed E-state index contributed by atoms with van der Waals surface area (Å²) in [5.74, 6) is 6.36. The molecule has 3 N–H and O–H groups in total. The van der Waals surface area contributed by atoms with Crippen LogP contribution in [0.5, 0.6) is 0 Å². The standard InChI is InChI=1S/C16H23N3O/c1-11-10-13(6-7-14(11)18-17)16(20)19-9-8-12-4-2-3-5-15(12)19/h6-7,10,12,15,18H,2-5,8-9,17H2,1H3. The maximum atomic E-state index is 12.7. The van der Waals surface area contributed by atoms with Crippen molar-refractivity contribution >= 4 is 11.6 Å². The predicted molar refractivity (Wildman–Crippen MR) is 80.4 cm³/mol. The number of carbonyl (C=O) groups is 1. The van der Waals surface area contributed by atoms with Crippen molar-refractivity contribution in [1.82, 2.24) is 4.90 Å². The zero-order chi connectivity index (χ0) is 14.1. The molecule has 20 heavy (non-hydrogen) atoms. The number of anilines is 1. The molecule has 1 saturated carbocycles. The van der Waals surface area contributed by atoms with Crippen LogP contribution in [0.1, 0.15) is 48.0 Å². The van der Waals surface area contributed by atoms with Gasteiger partial charge in [-0.05, 0) is 55.9 Å². The first-order chi connectivity index (χ1) is 9.70. The van der Waals surface area contributed by atoms with Crippen LogP contribution in [0, 0.1) is 12.8 Å². The van der Waals surface area contributed by atoms with E-state index in [1.807, 2.05) is 25.1 Å². The molecule has 4 heteroatoms. The zero-order valence-electron chi connectivity index (χ0n) is 12.1. The molecule has 2 fully saturated rings. The number of amides is 1. The van der Waals surface area contributed by atoms with Crippen LogP contribution in [0.25, 0.3) is 0 Å². The Morgan fingerprint density at radius 2 is 2.10 bits per heavy atom. The minimum atomic E-state index is 0.186. The van der Waals surface area contributed by atoms with E-state index >= 15 is 0 Å². The highest BCUT2D eigenvalue weighted by Crippen LogP contribution is 2.37. The molecule has 1 heterocycles. The number of likely N-dealkylation sites (tertiary alicyclic amines) is 1. The smallest absolute Gasteiger partial charge is 0.254 e. The van der Waals surface area contributed by atoms with Crippen LogP contribution in [0.15, 0.2) is 18.2 Å². The molecule has 2 unspecified atom stereocenters. The van der Waals surface area contributed by atoms with E-state index in [-0.39, 0.29) is 5.91 Å². The van der Waals surface area contributed by atoms with Gasteiger partial charge < -0.3 is 10.3 Å². The van der Waals surface area contributed by atoms with Crippen molar-refractivity contribution in [2.45, 2.75) is 45.1 Å². The Labute approximate surface area is 120 Å². The molecule has 0 bridgehead atoms. The van der Waals surface area contributed by atoms with E-state index in [1.54, 1.807) is 0 Å². The predicted octanol–water partition coefficient (Wildman–Crippen LogP) is 2.69. The highest BCUT2D eigenvalue weighted by atomic mass is 16.2. The average molecular weight is 273 g/mol. The van der Waals surface area contributed by atoms with Crippen molar-refractivity contribution in [1.29, 1.82) is 0 Å². The number of nitrogens with one attached hydrogen (secondary N) is 1. The Balaban J connectivity index is 1.80. The number of fused-ring (bicyclic) bond motifs is 1. The number of carbonyl (C=O) groups excluding carboxylic acids is 1. The van der Waals surface area contributed by atoms with E-state index in [0.29, 0.717) is 6.04 Å². The molecule has 1 aliphatic carbocycles. The van der Waals surface area contributed by atoms with Crippen molar-refractivity contribution < 1.29 is 4.79 Å². The van der Waals surface area contributed by atoms with Crippen molar-refractivity contribution in [2.75, 3.05) is 12.0 Å². The first-order valence-electron chi connectivity index (χ1n) is 7.59. The third kappa shape index (κ3) is 2.29. The van der Waals surface area contributed by atoms with Gasteiger partial charge in [-0.1, -0.05) is 12.8 Å². The summed E-state index contributed by atoms with van der Waals surface area (Å²) in [7, 11) is 0. The van der Waals surface area contributed by atoms with Crippen LogP contribution >= 0.6 is 0 Å². The number of hydrogen-bond donors (Lipinski definition) is 2. The lowest BCUT2D eigenvalue weighted by molar-refractivity contribution is 0.0690. The molecule has 2 atom stereocenters. The van der Waals surface area contributed by atoms with Gasteiger partial charge in [0.05, 0.1) is 5.69 Å². The summed E-state index contributed by atoms with van der Waals surface area (Å²) >= 11 is 0. The first-order valence-corrected chi connectivity index (χ1v) is 7.59. The molecule has 1 aromatic rings. The minimum Gasteiger partial charge on any atom is -0.335 e. The van der Waals surface area contributed by atoms with Crippen LogP contribution in [0.4, 0.5) is 5.69 Å². The maximum absolute atomic E-state index is 12.7. The molecule has 1 saturated heterocycles. The number of hydrogen-bond acceptors (Lipinski definition) is 3. The largest absolute Gasteiger partial charge is 0.335 e. The molecule has 1 amide bonds. The second-order valence-corrected chi connectivity index (χ2v) is 6.07. The van der Waals surface area contributed by atoms with Gasteiger partial charge in [-0.3, -0.25) is 10.6 Å².